The lowest BCUT2D eigenvalue weighted by atomic mass is 10.0. The summed E-state index contributed by atoms with van der Waals surface area (Å²) in [7, 11) is 1.99. The third kappa shape index (κ3) is 3.82. The molecule has 31 heavy (non-hydrogen) atoms. The summed E-state index contributed by atoms with van der Waals surface area (Å²) < 4.78 is 1.62. The monoisotopic (exact) mass is 434 g/mol. The highest BCUT2D eigenvalue weighted by Crippen LogP contribution is 2.26. The van der Waals surface area contributed by atoms with Crippen molar-refractivity contribution in [2.45, 2.75) is 19.0 Å². The van der Waals surface area contributed by atoms with Crippen LogP contribution in [0.15, 0.2) is 59.5 Å². The van der Waals surface area contributed by atoms with Gasteiger partial charge in [0.1, 0.15) is 5.52 Å². The Bertz CT molecular complexity index is 1280. The predicted molar refractivity (Wildman–Crippen MR) is 124 cm³/mol. The molecule has 8 heteroatoms. The van der Waals surface area contributed by atoms with Gasteiger partial charge in [-0.15, -0.1) is 0 Å². The summed E-state index contributed by atoms with van der Waals surface area (Å²) in [6, 6.07) is 16.3. The molecule has 0 spiro atoms. The maximum Gasteiger partial charge on any atom is 0.328 e. The highest BCUT2D eigenvalue weighted by Gasteiger charge is 2.22. The topological polar surface area (TPSA) is 78.8 Å². The molecule has 2 aromatic carbocycles. The number of rotatable bonds is 5. The van der Waals surface area contributed by atoms with Crippen molar-refractivity contribution in [2.24, 2.45) is 0 Å². The lowest BCUT2D eigenvalue weighted by Crippen LogP contribution is -2.34. The molecule has 0 amide bonds. The minimum absolute atomic E-state index is 0.229. The molecule has 0 aliphatic carbocycles. The van der Waals surface area contributed by atoms with Crippen LogP contribution in [-0.4, -0.2) is 45.7 Å². The summed E-state index contributed by atoms with van der Waals surface area (Å²) in [5, 5.41) is 3.98. The fourth-order valence-electron chi connectivity index (χ4n) is 4.06. The van der Waals surface area contributed by atoms with Crippen molar-refractivity contribution in [3.8, 4) is 11.1 Å². The van der Waals surface area contributed by atoms with Crippen molar-refractivity contribution >= 4 is 28.7 Å². The number of hydrogen-bond donors (Lipinski definition) is 2. The summed E-state index contributed by atoms with van der Waals surface area (Å²) in [5.41, 5.74) is 3.98. The van der Waals surface area contributed by atoms with E-state index in [2.05, 4.69) is 32.3 Å². The number of anilines is 1. The van der Waals surface area contributed by atoms with Gasteiger partial charge in [0.05, 0.1) is 12.7 Å². The molecule has 1 aliphatic heterocycles. The Hall–Kier alpha value is -3.16. The summed E-state index contributed by atoms with van der Waals surface area (Å²) in [4.78, 5) is 26.8. The van der Waals surface area contributed by atoms with E-state index < -0.39 is 0 Å². The molecule has 7 nitrogen and oxygen atoms in total. The molecule has 0 unspecified atom stereocenters. The standard InChI is InChI=1S/C23H23ClN6O/c1-29(18-9-10-25-12-18)22-26-13-20-21(28-22)30(23(31)27-20)14-17-11-16(7-8-19(17)24)15-5-3-2-4-6-15/h2-8,11,13,18,25H,9-10,12,14H2,1H3,(H,27,31)/t18-/m1/s1. The van der Waals surface area contributed by atoms with Crippen LogP contribution >= 0.6 is 11.6 Å². The fraction of sp³-hybridized carbons (Fsp3) is 0.261. The van der Waals surface area contributed by atoms with Gasteiger partial charge in [-0.25, -0.2) is 9.78 Å². The zero-order chi connectivity index (χ0) is 21.4. The van der Waals surface area contributed by atoms with Crippen molar-refractivity contribution in [2.75, 3.05) is 25.0 Å². The molecule has 2 aromatic heterocycles. The van der Waals surface area contributed by atoms with Crippen LogP contribution in [0.1, 0.15) is 12.0 Å². The number of nitrogens with zero attached hydrogens (tertiary/aromatic N) is 4. The van der Waals surface area contributed by atoms with Gasteiger partial charge >= 0.3 is 5.69 Å². The van der Waals surface area contributed by atoms with E-state index in [1.54, 1.807) is 10.8 Å². The first-order valence-corrected chi connectivity index (χ1v) is 10.7. The summed E-state index contributed by atoms with van der Waals surface area (Å²) >= 11 is 6.50. The number of aromatic nitrogens is 4. The van der Waals surface area contributed by atoms with Gasteiger partial charge in [-0.2, -0.15) is 4.98 Å². The van der Waals surface area contributed by atoms with E-state index in [1.807, 2.05) is 43.4 Å². The van der Waals surface area contributed by atoms with Crippen molar-refractivity contribution < 1.29 is 0 Å². The van der Waals surface area contributed by atoms with E-state index in [1.165, 1.54) is 0 Å². The number of imidazole rings is 1. The molecular weight excluding hydrogens is 412 g/mol. The van der Waals surface area contributed by atoms with Crippen LogP contribution in [0.3, 0.4) is 0 Å². The van der Waals surface area contributed by atoms with E-state index >= 15 is 0 Å². The van der Waals surface area contributed by atoms with Crippen molar-refractivity contribution in [3.05, 3.63) is 75.8 Å². The second-order valence-corrected chi connectivity index (χ2v) is 8.26. The molecule has 1 fully saturated rings. The average molecular weight is 435 g/mol. The Labute approximate surface area is 184 Å². The highest BCUT2D eigenvalue weighted by molar-refractivity contribution is 6.31. The molecule has 158 valence electrons. The number of halogens is 1. The Morgan fingerprint density at radius 3 is 2.81 bits per heavy atom. The lowest BCUT2D eigenvalue weighted by molar-refractivity contribution is 0.668. The number of nitrogens with one attached hydrogen (secondary N) is 2. The molecule has 0 saturated carbocycles. The van der Waals surface area contributed by atoms with Crippen LogP contribution in [0.2, 0.25) is 5.02 Å². The fourth-order valence-corrected chi connectivity index (χ4v) is 4.24. The molecule has 1 atom stereocenters. The minimum Gasteiger partial charge on any atom is -0.340 e. The van der Waals surface area contributed by atoms with Gasteiger partial charge in [-0.05, 0) is 41.8 Å². The summed E-state index contributed by atoms with van der Waals surface area (Å²) in [6.45, 7) is 2.21. The highest BCUT2D eigenvalue weighted by atomic mass is 35.5. The number of H-pyrrole nitrogens is 1. The van der Waals surface area contributed by atoms with Crippen LogP contribution in [0, 0.1) is 0 Å². The summed E-state index contributed by atoms with van der Waals surface area (Å²) in [5.74, 6) is 0.609. The zero-order valence-electron chi connectivity index (χ0n) is 17.2. The van der Waals surface area contributed by atoms with Crippen LogP contribution in [0.4, 0.5) is 5.95 Å². The van der Waals surface area contributed by atoms with E-state index in [9.17, 15) is 4.79 Å². The molecule has 3 heterocycles. The maximum atomic E-state index is 12.7. The second-order valence-electron chi connectivity index (χ2n) is 7.85. The van der Waals surface area contributed by atoms with Gasteiger partial charge in [0.15, 0.2) is 5.65 Å². The van der Waals surface area contributed by atoms with E-state index in [0.717, 1.165) is 36.2 Å². The molecule has 1 saturated heterocycles. The molecule has 1 aliphatic rings. The Morgan fingerprint density at radius 1 is 1.19 bits per heavy atom. The Kier molecular flexibility index (Phi) is 5.21. The molecule has 4 aromatic rings. The van der Waals surface area contributed by atoms with E-state index in [0.29, 0.717) is 34.7 Å². The van der Waals surface area contributed by atoms with Crippen molar-refractivity contribution in [1.29, 1.82) is 0 Å². The SMILES string of the molecule is CN(c1ncc2[nH]c(=O)n(Cc3cc(-c4ccccc4)ccc3Cl)c2n1)[C@@H]1CCNC1. The van der Waals surface area contributed by atoms with Gasteiger partial charge < -0.3 is 15.2 Å². The van der Waals surface area contributed by atoms with Crippen LogP contribution in [0.25, 0.3) is 22.3 Å². The lowest BCUT2D eigenvalue weighted by Gasteiger charge is -2.23. The van der Waals surface area contributed by atoms with Gasteiger partial charge in [0, 0.05) is 24.7 Å². The normalized spacial score (nSPS) is 16.1. The summed E-state index contributed by atoms with van der Waals surface area (Å²) in [6.07, 6.45) is 2.72. The number of likely N-dealkylation sites (N-methyl/N-ethyl adjacent to an activating group) is 1. The molecule has 5 rings (SSSR count). The number of aromatic amines is 1. The Morgan fingerprint density at radius 2 is 2.03 bits per heavy atom. The van der Waals surface area contributed by atoms with Gasteiger partial charge in [0.2, 0.25) is 5.95 Å². The number of fused-ring (bicyclic) bond motifs is 1. The molecule has 2 N–H and O–H groups in total. The molecular formula is C23H23ClN6O. The van der Waals surface area contributed by atoms with Crippen molar-refractivity contribution in [1.82, 2.24) is 24.8 Å². The second kappa shape index (κ2) is 8.17. The van der Waals surface area contributed by atoms with Gasteiger partial charge in [-0.3, -0.25) is 4.57 Å². The smallest absolute Gasteiger partial charge is 0.328 e. The van der Waals surface area contributed by atoms with Crippen molar-refractivity contribution in [3.63, 3.8) is 0 Å². The zero-order valence-corrected chi connectivity index (χ0v) is 17.9. The average Bonchev–Trinajstić information content (AvgIpc) is 3.43. The number of hydrogen-bond acceptors (Lipinski definition) is 5. The largest absolute Gasteiger partial charge is 0.340 e. The first-order valence-electron chi connectivity index (χ1n) is 10.3. The maximum absolute atomic E-state index is 12.7. The Balaban J connectivity index is 1.52. The molecule has 0 radical (unpaired) electrons. The van der Waals surface area contributed by atoms with Crippen LogP contribution in [0.5, 0.6) is 0 Å². The predicted octanol–water partition coefficient (Wildman–Crippen LogP) is 3.29. The van der Waals surface area contributed by atoms with E-state index in [4.69, 9.17) is 16.6 Å². The van der Waals surface area contributed by atoms with Gasteiger partial charge in [-0.1, -0.05) is 48.0 Å². The van der Waals surface area contributed by atoms with Gasteiger partial charge in [0.25, 0.3) is 0 Å². The van der Waals surface area contributed by atoms with Crippen LogP contribution in [-0.2, 0) is 6.54 Å². The third-order valence-electron chi connectivity index (χ3n) is 5.88. The number of benzene rings is 2. The first-order chi connectivity index (χ1) is 15.1. The van der Waals surface area contributed by atoms with E-state index in [-0.39, 0.29) is 5.69 Å². The van der Waals surface area contributed by atoms with Crippen LogP contribution < -0.4 is 15.9 Å². The first kappa shape index (κ1) is 19.8. The third-order valence-corrected chi connectivity index (χ3v) is 6.25. The quantitative estimate of drug-likeness (QED) is 0.504. The minimum atomic E-state index is -0.229. The molecule has 0 bridgehead atoms.